The Bertz CT molecular complexity index is 450. The highest BCUT2D eigenvalue weighted by atomic mass is 32.2. The van der Waals surface area contributed by atoms with Crippen LogP contribution in [0.15, 0.2) is 0 Å². The van der Waals surface area contributed by atoms with Gasteiger partial charge < -0.3 is 10.6 Å². The van der Waals surface area contributed by atoms with Gasteiger partial charge in [-0.25, -0.2) is 4.79 Å². The molecule has 0 bridgehead atoms. The first-order valence-corrected chi connectivity index (χ1v) is 9.49. The van der Waals surface area contributed by atoms with Crippen molar-refractivity contribution in [1.82, 2.24) is 21.1 Å². The van der Waals surface area contributed by atoms with Crippen LogP contribution in [0.25, 0.3) is 0 Å². The quantitative estimate of drug-likeness (QED) is 0.400. The number of thioether (sulfide) groups is 1. The minimum Gasteiger partial charge on any atom is -0.361 e. The van der Waals surface area contributed by atoms with Crippen LogP contribution in [0.4, 0.5) is 4.79 Å². The number of hydrogen-bond donors (Lipinski definition) is 3. The van der Waals surface area contributed by atoms with Gasteiger partial charge in [-0.05, 0) is 62.2 Å². The van der Waals surface area contributed by atoms with Gasteiger partial charge in [0, 0.05) is 6.54 Å². The first-order valence-electron chi connectivity index (χ1n) is 7.68. The lowest BCUT2D eigenvalue weighted by Gasteiger charge is -2.33. The van der Waals surface area contributed by atoms with Gasteiger partial charge in [-0.15, -0.1) is 0 Å². The summed E-state index contributed by atoms with van der Waals surface area (Å²) in [5.41, 5.74) is 1.99. The molecule has 3 N–H and O–H groups in total. The molecule has 2 rings (SSSR count). The SMILES string of the molecule is CSCCCNC(=S)NN1C(=O)NC2(CCC(C)CC2)C1=O. The average molecular weight is 345 g/mol. The molecule has 2 aliphatic rings. The van der Waals surface area contributed by atoms with Gasteiger partial charge in [0.05, 0.1) is 0 Å². The summed E-state index contributed by atoms with van der Waals surface area (Å²) in [6.07, 6.45) is 6.34. The molecule has 3 amide bonds. The first kappa shape index (κ1) is 17.3. The summed E-state index contributed by atoms with van der Waals surface area (Å²) < 4.78 is 0. The van der Waals surface area contributed by atoms with Gasteiger partial charge in [-0.1, -0.05) is 6.92 Å². The van der Waals surface area contributed by atoms with Gasteiger partial charge in [-0.2, -0.15) is 16.8 Å². The Morgan fingerprint density at radius 2 is 2.14 bits per heavy atom. The number of amides is 3. The fourth-order valence-electron chi connectivity index (χ4n) is 2.88. The number of nitrogens with one attached hydrogen (secondary N) is 3. The summed E-state index contributed by atoms with van der Waals surface area (Å²) in [5, 5.41) is 7.21. The van der Waals surface area contributed by atoms with Crippen molar-refractivity contribution in [2.24, 2.45) is 5.92 Å². The van der Waals surface area contributed by atoms with E-state index in [1.54, 1.807) is 11.8 Å². The zero-order chi connectivity index (χ0) is 16.2. The van der Waals surface area contributed by atoms with Crippen LogP contribution in [0.5, 0.6) is 0 Å². The first-order chi connectivity index (χ1) is 10.5. The van der Waals surface area contributed by atoms with E-state index in [0.29, 0.717) is 23.9 Å². The van der Waals surface area contributed by atoms with E-state index in [-0.39, 0.29) is 5.91 Å². The van der Waals surface area contributed by atoms with Gasteiger partial charge in [0.25, 0.3) is 5.91 Å². The number of carbonyl (C=O) groups excluding carboxylic acids is 2. The number of hydrogen-bond acceptors (Lipinski definition) is 4. The lowest BCUT2D eigenvalue weighted by molar-refractivity contribution is -0.133. The fourth-order valence-corrected chi connectivity index (χ4v) is 3.50. The number of hydrazine groups is 1. The molecule has 0 radical (unpaired) electrons. The van der Waals surface area contributed by atoms with E-state index >= 15 is 0 Å². The number of carbonyl (C=O) groups is 2. The van der Waals surface area contributed by atoms with Crippen molar-refractivity contribution in [2.75, 3.05) is 18.6 Å². The Balaban J connectivity index is 1.88. The molecular formula is C14H24N4O2S2. The van der Waals surface area contributed by atoms with Crippen molar-refractivity contribution < 1.29 is 9.59 Å². The Hall–Kier alpha value is -1.02. The number of imide groups is 1. The van der Waals surface area contributed by atoms with Crippen molar-refractivity contribution in [3.63, 3.8) is 0 Å². The van der Waals surface area contributed by atoms with Gasteiger partial charge in [0.15, 0.2) is 5.11 Å². The van der Waals surface area contributed by atoms with Crippen LogP contribution in [0.3, 0.4) is 0 Å². The summed E-state index contributed by atoms with van der Waals surface area (Å²) in [5.74, 6) is 1.44. The Kier molecular flexibility index (Phi) is 5.91. The molecular weight excluding hydrogens is 320 g/mol. The number of thiocarbonyl (C=S) groups is 1. The normalized spacial score (nSPS) is 27.9. The molecule has 1 saturated carbocycles. The molecule has 1 heterocycles. The third kappa shape index (κ3) is 3.84. The number of urea groups is 1. The van der Waals surface area contributed by atoms with E-state index in [2.05, 4.69) is 23.0 Å². The molecule has 0 atom stereocenters. The second kappa shape index (κ2) is 7.50. The Morgan fingerprint density at radius 3 is 2.77 bits per heavy atom. The van der Waals surface area contributed by atoms with Crippen molar-refractivity contribution in [3.8, 4) is 0 Å². The molecule has 8 heteroatoms. The largest absolute Gasteiger partial charge is 0.361 e. The van der Waals surface area contributed by atoms with Gasteiger partial charge in [-0.3, -0.25) is 10.2 Å². The van der Waals surface area contributed by atoms with Crippen LogP contribution >= 0.6 is 24.0 Å². The molecule has 1 saturated heterocycles. The van der Waals surface area contributed by atoms with Crippen LogP contribution < -0.4 is 16.1 Å². The Morgan fingerprint density at radius 1 is 1.45 bits per heavy atom. The van der Waals surface area contributed by atoms with E-state index in [1.165, 1.54) is 0 Å². The standard InChI is InChI=1S/C14H24N4O2S2/c1-10-4-6-14(7-5-10)11(19)18(13(20)16-14)17-12(21)15-8-3-9-22-2/h10H,3-9H2,1-2H3,(H,16,20)(H2,15,17,21). The van der Waals surface area contributed by atoms with Gasteiger partial charge in [0.1, 0.15) is 5.54 Å². The lowest BCUT2D eigenvalue weighted by Crippen LogP contribution is -2.53. The maximum Gasteiger partial charge on any atom is 0.344 e. The fraction of sp³-hybridized carbons (Fsp3) is 0.786. The van der Waals surface area contributed by atoms with E-state index in [9.17, 15) is 9.59 Å². The third-order valence-corrected chi connectivity index (χ3v) is 5.25. The van der Waals surface area contributed by atoms with Crippen LogP contribution in [0.1, 0.15) is 39.0 Å². The molecule has 1 spiro atoms. The van der Waals surface area contributed by atoms with Crippen molar-refractivity contribution in [1.29, 1.82) is 0 Å². The van der Waals surface area contributed by atoms with Crippen LogP contribution in [0.2, 0.25) is 0 Å². The summed E-state index contributed by atoms with van der Waals surface area (Å²) in [7, 11) is 0. The molecule has 0 unspecified atom stereocenters. The van der Waals surface area contributed by atoms with Crippen LogP contribution in [-0.2, 0) is 4.79 Å². The lowest BCUT2D eigenvalue weighted by atomic mass is 9.77. The maximum absolute atomic E-state index is 12.6. The number of rotatable bonds is 5. The monoisotopic (exact) mass is 344 g/mol. The van der Waals surface area contributed by atoms with Gasteiger partial charge in [0.2, 0.25) is 0 Å². The summed E-state index contributed by atoms with van der Waals surface area (Å²) >= 11 is 6.92. The number of nitrogens with zero attached hydrogens (tertiary/aromatic N) is 1. The molecule has 2 fully saturated rings. The highest BCUT2D eigenvalue weighted by Crippen LogP contribution is 2.35. The maximum atomic E-state index is 12.6. The third-order valence-electron chi connectivity index (χ3n) is 4.31. The van der Waals surface area contributed by atoms with Crippen molar-refractivity contribution in [2.45, 2.75) is 44.6 Å². The average Bonchev–Trinajstić information content (AvgIpc) is 2.72. The molecule has 22 heavy (non-hydrogen) atoms. The zero-order valence-electron chi connectivity index (χ0n) is 13.1. The summed E-state index contributed by atoms with van der Waals surface area (Å²) in [4.78, 5) is 24.7. The smallest absolute Gasteiger partial charge is 0.344 e. The topological polar surface area (TPSA) is 73.5 Å². The molecule has 0 aromatic heterocycles. The van der Waals surface area contributed by atoms with Crippen molar-refractivity contribution >= 4 is 41.0 Å². The van der Waals surface area contributed by atoms with Crippen molar-refractivity contribution in [3.05, 3.63) is 0 Å². The van der Waals surface area contributed by atoms with E-state index in [1.807, 2.05) is 6.26 Å². The summed E-state index contributed by atoms with van der Waals surface area (Å²) in [6, 6.07) is -0.409. The molecule has 1 aliphatic heterocycles. The predicted octanol–water partition coefficient (Wildman–Crippen LogP) is 1.62. The molecule has 6 nitrogen and oxygen atoms in total. The molecule has 124 valence electrons. The van der Waals surface area contributed by atoms with E-state index < -0.39 is 11.6 Å². The predicted molar refractivity (Wildman–Crippen MR) is 92.5 cm³/mol. The Labute approximate surface area is 141 Å². The highest BCUT2D eigenvalue weighted by molar-refractivity contribution is 7.98. The van der Waals surface area contributed by atoms with Crippen LogP contribution in [-0.4, -0.2) is 46.2 Å². The second-order valence-corrected chi connectivity index (χ2v) is 7.44. The van der Waals surface area contributed by atoms with Crippen LogP contribution in [0, 0.1) is 5.92 Å². The highest BCUT2D eigenvalue weighted by Gasteiger charge is 2.52. The molecule has 1 aliphatic carbocycles. The van der Waals surface area contributed by atoms with Gasteiger partial charge >= 0.3 is 6.03 Å². The minimum absolute atomic E-state index is 0.210. The van der Waals surface area contributed by atoms with E-state index in [0.717, 1.165) is 36.6 Å². The van der Waals surface area contributed by atoms with E-state index in [4.69, 9.17) is 12.2 Å². The second-order valence-electron chi connectivity index (χ2n) is 6.05. The summed E-state index contributed by atoms with van der Waals surface area (Å²) in [6.45, 7) is 2.90. The zero-order valence-corrected chi connectivity index (χ0v) is 14.7. The molecule has 0 aromatic rings. The minimum atomic E-state index is -0.731. The molecule has 0 aromatic carbocycles.